The van der Waals surface area contributed by atoms with Crippen LogP contribution >= 0.6 is 34.5 Å². The number of hydrogen-bond donors (Lipinski definition) is 0. The number of nitrogens with zero attached hydrogens (tertiary/aromatic N) is 3. The molecule has 1 amide bonds. The summed E-state index contributed by atoms with van der Waals surface area (Å²) in [7, 11) is 0. The molecule has 32 heavy (non-hydrogen) atoms. The molecule has 0 N–H and O–H groups in total. The van der Waals surface area contributed by atoms with Crippen LogP contribution in [0, 0.1) is 15.9 Å². The van der Waals surface area contributed by atoms with Gasteiger partial charge in [0.1, 0.15) is 11.6 Å². The molecule has 0 atom stereocenters. The monoisotopic (exact) mass is 491 g/mol. The zero-order chi connectivity index (χ0) is 22.8. The van der Waals surface area contributed by atoms with Crippen LogP contribution < -0.4 is 9.64 Å². The van der Waals surface area contributed by atoms with Crippen molar-refractivity contribution in [2.75, 3.05) is 11.0 Å². The van der Waals surface area contributed by atoms with Gasteiger partial charge in [0.25, 0.3) is 11.6 Å². The first-order valence-corrected chi connectivity index (χ1v) is 10.7. The number of anilines is 2. The Morgan fingerprint density at radius 2 is 1.91 bits per heavy atom. The summed E-state index contributed by atoms with van der Waals surface area (Å²) in [5.41, 5.74) is 0.903. The molecule has 0 radical (unpaired) electrons. The summed E-state index contributed by atoms with van der Waals surface area (Å²) >= 11 is 12.8. The fraction of sp³-hybridized carbons (Fsp3) is 0.0476. The molecule has 0 bridgehead atoms. The van der Waals surface area contributed by atoms with Gasteiger partial charge in [-0.05, 0) is 48.5 Å². The van der Waals surface area contributed by atoms with Gasteiger partial charge in [0.05, 0.1) is 31.4 Å². The average Bonchev–Trinajstić information content (AvgIpc) is 3.18. The first-order valence-electron chi connectivity index (χ1n) is 9.00. The van der Waals surface area contributed by atoms with E-state index < -0.39 is 16.6 Å². The summed E-state index contributed by atoms with van der Waals surface area (Å²) in [5.74, 6) is -0.626. The van der Waals surface area contributed by atoms with Gasteiger partial charge in [-0.1, -0.05) is 34.5 Å². The van der Waals surface area contributed by atoms with Crippen LogP contribution in [-0.2, 0) is 0 Å². The van der Waals surface area contributed by atoms with E-state index in [0.717, 1.165) is 23.5 Å². The average molecular weight is 492 g/mol. The minimum Gasteiger partial charge on any atom is -0.478 e. The Bertz CT molecular complexity index is 1330. The number of nitro benzene ring substituents is 1. The van der Waals surface area contributed by atoms with Crippen LogP contribution in [0.2, 0.25) is 5.02 Å². The molecule has 0 aliphatic carbocycles. The van der Waals surface area contributed by atoms with Crippen LogP contribution in [0.25, 0.3) is 10.2 Å². The lowest BCUT2D eigenvalue weighted by atomic mass is 10.1. The number of non-ortho nitro benzene ring substituents is 1. The molecule has 1 aromatic heterocycles. The summed E-state index contributed by atoms with van der Waals surface area (Å²) in [4.78, 5) is 29.8. The number of thiazole rings is 1. The standard InChI is InChI=1S/C21H12Cl2FN3O4S/c22-11-31-15-5-2-13(3-6-15)26(20(28)16-7-1-12(24)9-17(16)23)21-25-18-8-4-14(27(29)30)10-19(18)32-21/h1-10H,11H2. The zero-order valence-corrected chi connectivity index (χ0v) is 18.3. The van der Waals surface area contributed by atoms with Gasteiger partial charge in [0.15, 0.2) is 11.2 Å². The van der Waals surface area contributed by atoms with Gasteiger partial charge >= 0.3 is 0 Å². The van der Waals surface area contributed by atoms with Gasteiger partial charge in [-0.2, -0.15) is 0 Å². The predicted molar refractivity (Wildman–Crippen MR) is 122 cm³/mol. The molecule has 0 aliphatic rings. The fourth-order valence-electron chi connectivity index (χ4n) is 2.96. The molecule has 7 nitrogen and oxygen atoms in total. The summed E-state index contributed by atoms with van der Waals surface area (Å²) in [6.07, 6.45) is 0. The van der Waals surface area contributed by atoms with Crippen LogP contribution in [0.1, 0.15) is 10.4 Å². The van der Waals surface area contributed by atoms with Crippen molar-refractivity contribution in [2.24, 2.45) is 0 Å². The molecule has 3 aromatic carbocycles. The summed E-state index contributed by atoms with van der Waals surface area (Å²) < 4.78 is 19.3. The first kappa shape index (κ1) is 21.9. The maximum Gasteiger partial charge on any atom is 0.270 e. The highest BCUT2D eigenvalue weighted by molar-refractivity contribution is 7.22. The lowest BCUT2D eigenvalue weighted by Crippen LogP contribution is -2.26. The highest BCUT2D eigenvalue weighted by atomic mass is 35.5. The number of halogens is 3. The van der Waals surface area contributed by atoms with E-state index in [1.54, 1.807) is 24.3 Å². The lowest BCUT2D eigenvalue weighted by molar-refractivity contribution is -0.384. The van der Waals surface area contributed by atoms with Gasteiger partial charge in [-0.3, -0.25) is 19.8 Å². The predicted octanol–water partition coefficient (Wildman–Crippen LogP) is 6.55. The Labute approximate surface area is 194 Å². The molecule has 0 unspecified atom stereocenters. The van der Waals surface area contributed by atoms with E-state index in [1.165, 1.54) is 29.2 Å². The second-order valence-electron chi connectivity index (χ2n) is 6.42. The number of benzene rings is 3. The number of carbonyl (C=O) groups is 1. The third-order valence-corrected chi connectivity index (χ3v) is 5.87. The van der Waals surface area contributed by atoms with E-state index in [4.69, 9.17) is 27.9 Å². The number of aromatic nitrogens is 1. The van der Waals surface area contributed by atoms with Gasteiger partial charge in [-0.25, -0.2) is 9.37 Å². The van der Waals surface area contributed by atoms with Crippen molar-refractivity contribution in [2.45, 2.75) is 0 Å². The topological polar surface area (TPSA) is 85.6 Å². The van der Waals surface area contributed by atoms with E-state index in [-0.39, 0.29) is 27.5 Å². The number of rotatable bonds is 6. The van der Waals surface area contributed by atoms with Crippen molar-refractivity contribution in [3.05, 3.63) is 87.2 Å². The molecule has 0 spiro atoms. The maximum atomic E-state index is 13.5. The number of alkyl halides is 1. The van der Waals surface area contributed by atoms with E-state index in [0.29, 0.717) is 21.7 Å². The van der Waals surface area contributed by atoms with Gasteiger partial charge in [-0.15, -0.1) is 0 Å². The van der Waals surface area contributed by atoms with Crippen molar-refractivity contribution in [1.29, 1.82) is 0 Å². The molecule has 4 aromatic rings. The van der Waals surface area contributed by atoms with Gasteiger partial charge in [0, 0.05) is 12.1 Å². The minimum absolute atomic E-state index is 0.0379. The second kappa shape index (κ2) is 9.07. The first-order chi connectivity index (χ1) is 15.4. The van der Waals surface area contributed by atoms with E-state index in [1.807, 2.05) is 0 Å². The molecular weight excluding hydrogens is 480 g/mol. The minimum atomic E-state index is -0.576. The van der Waals surface area contributed by atoms with Gasteiger partial charge in [0.2, 0.25) is 0 Å². The highest BCUT2D eigenvalue weighted by Crippen LogP contribution is 2.37. The van der Waals surface area contributed by atoms with Crippen molar-refractivity contribution in [1.82, 2.24) is 4.98 Å². The molecule has 162 valence electrons. The second-order valence-corrected chi connectivity index (χ2v) is 8.05. The molecule has 11 heteroatoms. The number of ether oxygens (including phenoxy) is 1. The molecular formula is C21H12Cl2FN3O4S. The van der Waals surface area contributed by atoms with Crippen molar-refractivity contribution < 1.29 is 18.8 Å². The number of carbonyl (C=O) groups excluding carboxylic acids is 1. The Kier molecular flexibility index (Phi) is 6.22. The number of nitro groups is 1. The zero-order valence-electron chi connectivity index (χ0n) is 16.0. The van der Waals surface area contributed by atoms with E-state index >= 15 is 0 Å². The summed E-state index contributed by atoms with van der Waals surface area (Å²) in [6, 6.07) is 14.2. The van der Waals surface area contributed by atoms with Crippen LogP contribution in [-0.4, -0.2) is 21.9 Å². The molecule has 4 rings (SSSR count). The summed E-state index contributed by atoms with van der Waals surface area (Å²) in [6.45, 7) is 0. The van der Waals surface area contributed by atoms with Crippen LogP contribution in [0.3, 0.4) is 0 Å². The molecule has 0 fully saturated rings. The van der Waals surface area contributed by atoms with Crippen molar-refractivity contribution in [3.8, 4) is 5.75 Å². The maximum absolute atomic E-state index is 13.5. The number of amides is 1. The highest BCUT2D eigenvalue weighted by Gasteiger charge is 2.26. The lowest BCUT2D eigenvalue weighted by Gasteiger charge is -2.21. The van der Waals surface area contributed by atoms with Crippen molar-refractivity contribution >= 4 is 67.2 Å². The third-order valence-electron chi connectivity index (χ3n) is 4.44. The van der Waals surface area contributed by atoms with Crippen LogP contribution in [0.15, 0.2) is 60.7 Å². The number of hydrogen-bond acceptors (Lipinski definition) is 6. The largest absolute Gasteiger partial charge is 0.478 e. The van der Waals surface area contributed by atoms with Crippen molar-refractivity contribution in [3.63, 3.8) is 0 Å². The third kappa shape index (κ3) is 4.36. The summed E-state index contributed by atoms with van der Waals surface area (Å²) in [5, 5.41) is 11.3. The Balaban J connectivity index is 1.84. The fourth-order valence-corrected chi connectivity index (χ4v) is 4.35. The molecule has 1 heterocycles. The molecule has 0 saturated heterocycles. The number of fused-ring (bicyclic) bond motifs is 1. The Hall–Kier alpha value is -3.27. The molecule has 0 aliphatic heterocycles. The quantitative estimate of drug-likeness (QED) is 0.173. The van der Waals surface area contributed by atoms with Gasteiger partial charge < -0.3 is 4.74 Å². The smallest absolute Gasteiger partial charge is 0.270 e. The Morgan fingerprint density at radius 3 is 2.56 bits per heavy atom. The Morgan fingerprint density at radius 1 is 1.16 bits per heavy atom. The molecule has 0 saturated carbocycles. The SMILES string of the molecule is O=C(c1ccc(F)cc1Cl)N(c1ccc(OCCl)cc1)c1nc2ccc([N+](=O)[O-])cc2s1. The van der Waals surface area contributed by atoms with Crippen LogP contribution in [0.4, 0.5) is 20.9 Å². The van der Waals surface area contributed by atoms with E-state index in [9.17, 15) is 19.3 Å². The normalized spacial score (nSPS) is 10.8. The van der Waals surface area contributed by atoms with E-state index in [2.05, 4.69) is 4.98 Å². The van der Waals surface area contributed by atoms with Crippen LogP contribution in [0.5, 0.6) is 5.75 Å².